The molecule has 0 saturated carbocycles. The number of carbonyl (C=O) groups excluding carboxylic acids is 1. The first-order valence-corrected chi connectivity index (χ1v) is 7.21. The topological polar surface area (TPSA) is 38.3 Å². The third-order valence-corrected chi connectivity index (χ3v) is 3.81. The lowest BCUT2D eigenvalue weighted by atomic mass is 9.92. The molecule has 3 nitrogen and oxygen atoms in total. The van der Waals surface area contributed by atoms with Crippen LogP contribution in [0.3, 0.4) is 0 Å². The molecule has 1 aliphatic heterocycles. The highest BCUT2D eigenvalue weighted by molar-refractivity contribution is 6.30. The molecule has 1 atom stereocenters. The molecule has 19 heavy (non-hydrogen) atoms. The van der Waals surface area contributed by atoms with Crippen molar-refractivity contribution in [3.63, 3.8) is 0 Å². The quantitative estimate of drug-likeness (QED) is 0.842. The van der Waals surface area contributed by atoms with Crippen LogP contribution in [0.4, 0.5) is 0 Å². The van der Waals surface area contributed by atoms with Gasteiger partial charge in [0.2, 0.25) is 0 Å². The molecule has 4 heteroatoms. The van der Waals surface area contributed by atoms with Crippen molar-refractivity contribution < 1.29 is 9.53 Å². The third kappa shape index (κ3) is 3.48. The van der Waals surface area contributed by atoms with Gasteiger partial charge in [0.1, 0.15) is 12.1 Å². The Bertz CT molecular complexity index is 442. The molecule has 0 aliphatic carbocycles. The minimum Gasteiger partial charge on any atom is -0.459 e. The van der Waals surface area contributed by atoms with Crippen LogP contribution in [-0.4, -0.2) is 18.1 Å². The van der Waals surface area contributed by atoms with Gasteiger partial charge in [-0.3, -0.25) is 4.79 Å². The van der Waals surface area contributed by atoms with Crippen LogP contribution in [0.2, 0.25) is 5.02 Å². The largest absolute Gasteiger partial charge is 0.459 e. The number of halogens is 1. The van der Waals surface area contributed by atoms with Crippen LogP contribution in [0, 0.1) is 0 Å². The van der Waals surface area contributed by atoms with Crippen molar-refractivity contribution in [3.05, 3.63) is 34.9 Å². The van der Waals surface area contributed by atoms with Crippen molar-refractivity contribution in [2.24, 2.45) is 0 Å². The number of hydrogen-bond donors (Lipinski definition) is 1. The highest BCUT2D eigenvalue weighted by Gasteiger charge is 2.41. The van der Waals surface area contributed by atoms with E-state index in [1.807, 2.05) is 24.3 Å². The zero-order valence-electron chi connectivity index (χ0n) is 11.2. The van der Waals surface area contributed by atoms with Gasteiger partial charge >= 0.3 is 5.97 Å². The zero-order valence-corrected chi connectivity index (χ0v) is 12.0. The lowest BCUT2D eigenvalue weighted by molar-refractivity contribution is -0.152. The predicted octanol–water partition coefficient (Wildman–Crippen LogP) is 3.31. The van der Waals surface area contributed by atoms with Gasteiger partial charge < -0.3 is 10.1 Å². The summed E-state index contributed by atoms with van der Waals surface area (Å²) >= 11 is 5.91. The normalized spacial score (nSPS) is 22.4. The van der Waals surface area contributed by atoms with Crippen LogP contribution < -0.4 is 5.32 Å². The molecule has 1 aromatic rings. The van der Waals surface area contributed by atoms with Crippen LogP contribution in [0.25, 0.3) is 0 Å². The van der Waals surface area contributed by atoms with Gasteiger partial charge in [-0.25, -0.2) is 0 Å². The first-order chi connectivity index (χ1) is 9.16. The zero-order chi connectivity index (χ0) is 13.7. The summed E-state index contributed by atoms with van der Waals surface area (Å²) < 4.78 is 5.46. The first kappa shape index (κ1) is 14.4. The molecule has 104 valence electrons. The molecule has 1 aromatic carbocycles. The number of hydrogen-bond acceptors (Lipinski definition) is 3. The Hall–Kier alpha value is -1.06. The van der Waals surface area contributed by atoms with Crippen molar-refractivity contribution in [3.8, 4) is 0 Å². The SMILES string of the molecule is CCCC1(C(=O)OCc2cccc(Cl)c2)CCCN1. The van der Waals surface area contributed by atoms with Crippen LogP contribution in [-0.2, 0) is 16.1 Å². The van der Waals surface area contributed by atoms with Gasteiger partial charge in [0.25, 0.3) is 0 Å². The molecule has 1 heterocycles. The third-order valence-electron chi connectivity index (χ3n) is 3.57. The van der Waals surface area contributed by atoms with Crippen molar-refractivity contribution in [2.75, 3.05) is 6.54 Å². The van der Waals surface area contributed by atoms with Gasteiger partial charge in [-0.2, -0.15) is 0 Å². The van der Waals surface area contributed by atoms with E-state index >= 15 is 0 Å². The van der Waals surface area contributed by atoms with E-state index in [0.29, 0.717) is 5.02 Å². The highest BCUT2D eigenvalue weighted by Crippen LogP contribution is 2.26. The molecule has 2 rings (SSSR count). The maximum absolute atomic E-state index is 12.3. The van der Waals surface area contributed by atoms with E-state index in [0.717, 1.165) is 37.8 Å². The molecule has 1 aliphatic rings. The van der Waals surface area contributed by atoms with Gasteiger partial charge in [-0.1, -0.05) is 37.1 Å². The van der Waals surface area contributed by atoms with Gasteiger partial charge in [-0.15, -0.1) is 0 Å². The van der Waals surface area contributed by atoms with Gasteiger partial charge in [0.15, 0.2) is 0 Å². The highest BCUT2D eigenvalue weighted by atomic mass is 35.5. The first-order valence-electron chi connectivity index (χ1n) is 6.83. The predicted molar refractivity (Wildman–Crippen MR) is 76.1 cm³/mol. The molecular weight excluding hydrogens is 262 g/mol. The number of esters is 1. The number of benzene rings is 1. The fourth-order valence-corrected chi connectivity index (χ4v) is 2.85. The van der Waals surface area contributed by atoms with E-state index in [9.17, 15) is 4.79 Å². The molecule has 1 unspecified atom stereocenters. The minimum absolute atomic E-state index is 0.133. The Kier molecular flexibility index (Phi) is 4.83. The van der Waals surface area contributed by atoms with Crippen molar-refractivity contribution >= 4 is 17.6 Å². The van der Waals surface area contributed by atoms with Gasteiger partial charge in [0, 0.05) is 5.02 Å². The summed E-state index contributed by atoms with van der Waals surface area (Å²) in [5, 5.41) is 3.98. The molecule has 0 aromatic heterocycles. The van der Waals surface area contributed by atoms with Gasteiger partial charge in [0.05, 0.1) is 0 Å². The Morgan fingerprint density at radius 3 is 3.00 bits per heavy atom. The Morgan fingerprint density at radius 2 is 2.37 bits per heavy atom. The summed E-state index contributed by atoms with van der Waals surface area (Å²) in [4.78, 5) is 12.3. The fourth-order valence-electron chi connectivity index (χ4n) is 2.64. The minimum atomic E-state index is -0.465. The summed E-state index contributed by atoms with van der Waals surface area (Å²) in [6, 6.07) is 7.41. The number of ether oxygens (including phenoxy) is 1. The van der Waals surface area contributed by atoms with E-state index in [2.05, 4.69) is 12.2 Å². The van der Waals surface area contributed by atoms with Crippen LogP contribution in [0.5, 0.6) is 0 Å². The number of carbonyl (C=O) groups is 1. The lowest BCUT2D eigenvalue weighted by Gasteiger charge is -2.26. The lowest BCUT2D eigenvalue weighted by Crippen LogP contribution is -2.48. The molecule has 0 bridgehead atoms. The fraction of sp³-hybridized carbons (Fsp3) is 0.533. The molecule has 0 radical (unpaired) electrons. The second-order valence-electron chi connectivity index (χ2n) is 5.07. The second-order valence-corrected chi connectivity index (χ2v) is 5.50. The van der Waals surface area contributed by atoms with Gasteiger partial charge in [-0.05, 0) is 43.5 Å². The Labute approximate surface area is 119 Å². The van der Waals surface area contributed by atoms with E-state index in [1.165, 1.54) is 0 Å². The van der Waals surface area contributed by atoms with Crippen molar-refractivity contribution in [1.29, 1.82) is 0 Å². The second kappa shape index (κ2) is 6.40. The molecule has 1 N–H and O–H groups in total. The maximum atomic E-state index is 12.3. The van der Waals surface area contributed by atoms with Crippen LogP contribution in [0.15, 0.2) is 24.3 Å². The summed E-state index contributed by atoms with van der Waals surface area (Å²) in [6.45, 7) is 3.27. The summed E-state index contributed by atoms with van der Waals surface area (Å²) in [5.74, 6) is -0.133. The molecule has 0 spiro atoms. The Balaban J connectivity index is 1.96. The Morgan fingerprint density at radius 1 is 1.53 bits per heavy atom. The van der Waals surface area contributed by atoms with E-state index in [4.69, 9.17) is 16.3 Å². The van der Waals surface area contributed by atoms with Crippen LogP contribution >= 0.6 is 11.6 Å². The molecule has 1 fully saturated rings. The van der Waals surface area contributed by atoms with E-state index in [-0.39, 0.29) is 12.6 Å². The van der Waals surface area contributed by atoms with Crippen molar-refractivity contribution in [1.82, 2.24) is 5.32 Å². The molecular formula is C15H20ClNO2. The van der Waals surface area contributed by atoms with Crippen LogP contribution in [0.1, 0.15) is 38.2 Å². The van der Waals surface area contributed by atoms with E-state index in [1.54, 1.807) is 0 Å². The summed E-state index contributed by atoms with van der Waals surface area (Å²) in [7, 11) is 0. The molecule has 1 saturated heterocycles. The standard InChI is InChI=1S/C15H20ClNO2/c1-2-7-15(8-4-9-17-15)14(18)19-11-12-5-3-6-13(16)10-12/h3,5-6,10,17H,2,4,7-9,11H2,1H3. The average molecular weight is 282 g/mol. The van der Waals surface area contributed by atoms with E-state index < -0.39 is 5.54 Å². The summed E-state index contributed by atoms with van der Waals surface area (Å²) in [5.41, 5.74) is 0.457. The average Bonchev–Trinajstić information content (AvgIpc) is 2.86. The number of rotatable bonds is 5. The smallest absolute Gasteiger partial charge is 0.326 e. The molecule has 0 amide bonds. The summed E-state index contributed by atoms with van der Waals surface area (Å²) in [6.07, 6.45) is 3.71. The maximum Gasteiger partial charge on any atom is 0.326 e. The number of nitrogens with one attached hydrogen (secondary N) is 1. The monoisotopic (exact) mass is 281 g/mol. The van der Waals surface area contributed by atoms with Crippen molar-refractivity contribution in [2.45, 2.75) is 44.8 Å².